The van der Waals surface area contributed by atoms with Crippen molar-refractivity contribution in [2.75, 3.05) is 5.32 Å². The zero-order valence-corrected chi connectivity index (χ0v) is 13.0. The first kappa shape index (κ1) is 16.8. The molecule has 0 fully saturated rings. The van der Waals surface area contributed by atoms with Gasteiger partial charge in [-0.05, 0) is 24.3 Å². The Balaban J connectivity index is 1.91. The van der Waals surface area contributed by atoms with Crippen LogP contribution < -0.4 is 5.32 Å². The van der Waals surface area contributed by atoms with E-state index in [2.05, 4.69) is 15.5 Å². The number of carbonyl (C=O) groups excluding carboxylic acids is 2. The van der Waals surface area contributed by atoms with E-state index in [1.54, 1.807) is 6.07 Å². The van der Waals surface area contributed by atoms with Gasteiger partial charge in [-0.2, -0.15) is 0 Å². The fourth-order valence-corrected chi connectivity index (χ4v) is 2.37. The second kappa shape index (κ2) is 6.48. The number of phenols is 2. The molecule has 130 valence electrons. The minimum atomic E-state index is -1.44. The van der Waals surface area contributed by atoms with Gasteiger partial charge >= 0.3 is 11.9 Å². The summed E-state index contributed by atoms with van der Waals surface area (Å²) in [6.45, 7) is 0. The van der Waals surface area contributed by atoms with Crippen molar-refractivity contribution in [3.63, 3.8) is 0 Å². The number of rotatable bonds is 4. The normalized spacial score (nSPS) is 13.2. The first-order valence-electron chi connectivity index (χ1n) is 7.23. The minimum Gasteiger partial charge on any atom is -0.508 e. The molecule has 0 spiro atoms. The number of hydrogen-bond donors (Lipinski definition) is 4. The van der Waals surface area contributed by atoms with Gasteiger partial charge < -0.3 is 20.6 Å². The lowest BCUT2D eigenvalue weighted by molar-refractivity contribution is -0.134. The molecule has 0 saturated heterocycles. The van der Waals surface area contributed by atoms with Crippen LogP contribution in [0.5, 0.6) is 11.5 Å². The van der Waals surface area contributed by atoms with Crippen molar-refractivity contribution in [1.29, 1.82) is 0 Å². The van der Waals surface area contributed by atoms with E-state index in [0.29, 0.717) is 5.69 Å². The smallest absolute Gasteiger partial charge is 0.343 e. The first-order chi connectivity index (χ1) is 12.3. The number of nitrogens with one attached hydrogen (secondary N) is 1. The highest BCUT2D eigenvalue weighted by Gasteiger charge is 2.28. The number of benzene rings is 2. The molecule has 1 aliphatic rings. The van der Waals surface area contributed by atoms with Crippen molar-refractivity contribution in [3.05, 3.63) is 59.2 Å². The number of phenolic OH excluding ortho intramolecular Hbond substituents is 2. The number of azo groups is 1. The van der Waals surface area contributed by atoms with Gasteiger partial charge in [0.1, 0.15) is 17.2 Å². The average Bonchev–Trinajstić information content (AvgIpc) is 2.96. The van der Waals surface area contributed by atoms with E-state index in [9.17, 15) is 24.6 Å². The van der Waals surface area contributed by atoms with E-state index < -0.39 is 23.4 Å². The van der Waals surface area contributed by atoms with Crippen molar-refractivity contribution in [2.45, 2.75) is 0 Å². The summed E-state index contributed by atoms with van der Waals surface area (Å²) in [5.41, 5.74) is -0.0512. The molecule has 3 rings (SSSR count). The molecule has 0 saturated carbocycles. The minimum absolute atomic E-state index is 0.0223. The van der Waals surface area contributed by atoms with E-state index in [0.717, 1.165) is 6.07 Å². The summed E-state index contributed by atoms with van der Waals surface area (Å²) in [6, 6.07) is 9.46. The second-order valence-electron chi connectivity index (χ2n) is 5.31. The SMILES string of the molecule is O=C(O)C1=C(c2cccc(NC(=O)c3cc(O)cc(O)c3)c2)N=NC1=O. The van der Waals surface area contributed by atoms with Gasteiger partial charge in [0, 0.05) is 22.9 Å². The molecule has 0 bridgehead atoms. The maximum absolute atomic E-state index is 12.2. The van der Waals surface area contributed by atoms with Gasteiger partial charge in [-0.25, -0.2) is 4.79 Å². The van der Waals surface area contributed by atoms with Gasteiger partial charge in [-0.15, -0.1) is 10.2 Å². The lowest BCUT2D eigenvalue weighted by Gasteiger charge is -2.08. The fraction of sp³-hybridized carbons (Fsp3) is 0. The van der Waals surface area contributed by atoms with Crippen molar-refractivity contribution >= 4 is 29.2 Å². The maximum atomic E-state index is 12.2. The van der Waals surface area contributed by atoms with Crippen LogP contribution in [-0.2, 0) is 9.59 Å². The molecule has 0 aliphatic carbocycles. The van der Waals surface area contributed by atoms with Crippen molar-refractivity contribution in [3.8, 4) is 11.5 Å². The third kappa shape index (κ3) is 3.26. The Morgan fingerprint density at radius 2 is 1.65 bits per heavy atom. The molecule has 0 radical (unpaired) electrons. The Morgan fingerprint density at radius 3 is 2.31 bits per heavy atom. The molecule has 2 aromatic carbocycles. The summed E-state index contributed by atoms with van der Waals surface area (Å²) in [6.07, 6.45) is 0. The van der Waals surface area contributed by atoms with Crippen LogP contribution in [0.4, 0.5) is 5.69 Å². The Labute approximate surface area is 145 Å². The van der Waals surface area contributed by atoms with E-state index in [-0.39, 0.29) is 28.3 Å². The van der Waals surface area contributed by atoms with Gasteiger partial charge in [-0.3, -0.25) is 9.59 Å². The van der Waals surface area contributed by atoms with Gasteiger partial charge in [-0.1, -0.05) is 12.1 Å². The molecule has 2 aromatic rings. The highest BCUT2D eigenvalue weighted by atomic mass is 16.4. The lowest BCUT2D eigenvalue weighted by Crippen LogP contribution is -2.12. The Kier molecular flexibility index (Phi) is 4.19. The van der Waals surface area contributed by atoms with Crippen LogP contribution in [0, 0.1) is 0 Å². The van der Waals surface area contributed by atoms with Crippen molar-refractivity contribution < 1.29 is 29.7 Å². The summed E-state index contributed by atoms with van der Waals surface area (Å²) >= 11 is 0. The second-order valence-corrected chi connectivity index (χ2v) is 5.31. The number of hydrogen-bond acceptors (Lipinski definition) is 6. The Hall–Kier alpha value is -4.01. The quantitative estimate of drug-likeness (QED) is 0.619. The third-order valence-electron chi connectivity index (χ3n) is 3.46. The summed E-state index contributed by atoms with van der Waals surface area (Å²) < 4.78 is 0. The molecular weight excluding hydrogens is 342 g/mol. The summed E-state index contributed by atoms with van der Waals surface area (Å²) in [5.74, 6) is -3.54. The third-order valence-corrected chi connectivity index (χ3v) is 3.46. The highest BCUT2D eigenvalue weighted by Crippen LogP contribution is 2.29. The molecule has 0 unspecified atom stereocenters. The van der Waals surface area contributed by atoms with Crippen molar-refractivity contribution in [1.82, 2.24) is 0 Å². The maximum Gasteiger partial charge on any atom is 0.343 e. The summed E-state index contributed by atoms with van der Waals surface area (Å²) in [5, 5.41) is 37.4. The van der Waals surface area contributed by atoms with Crippen LogP contribution in [0.1, 0.15) is 15.9 Å². The molecule has 9 heteroatoms. The number of nitrogens with zero attached hydrogens (tertiary/aromatic N) is 2. The lowest BCUT2D eigenvalue weighted by atomic mass is 10.1. The monoisotopic (exact) mass is 353 g/mol. The fourth-order valence-electron chi connectivity index (χ4n) is 2.37. The topological polar surface area (TPSA) is 149 Å². The molecule has 26 heavy (non-hydrogen) atoms. The van der Waals surface area contributed by atoms with Gasteiger partial charge in [0.15, 0.2) is 5.57 Å². The largest absolute Gasteiger partial charge is 0.508 e. The van der Waals surface area contributed by atoms with Crippen LogP contribution in [0.3, 0.4) is 0 Å². The predicted molar refractivity (Wildman–Crippen MR) is 88.6 cm³/mol. The molecule has 4 N–H and O–H groups in total. The average molecular weight is 353 g/mol. The molecule has 9 nitrogen and oxygen atoms in total. The van der Waals surface area contributed by atoms with E-state index in [1.807, 2.05) is 0 Å². The predicted octanol–water partition coefficient (Wildman–Crippen LogP) is 2.14. The van der Waals surface area contributed by atoms with Gasteiger partial charge in [0.25, 0.3) is 5.91 Å². The number of anilines is 1. The molecular formula is C17H11N3O6. The van der Waals surface area contributed by atoms with Crippen LogP contribution in [0.15, 0.2) is 58.3 Å². The standard InChI is InChI=1S/C17H11N3O6/c21-11-5-9(6-12(22)7-11)15(23)18-10-3-1-2-8(4-10)14-13(17(25)26)16(24)20-19-14/h1-7,21-22H,(H,18,23)(H,25,26). The molecule has 1 heterocycles. The molecule has 0 atom stereocenters. The van der Waals surface area contributed by atoms with Gasteiger partial charge in [0.05, 0.1) is 0 Å². The highest BCUT2D eigenvalue weighted by molar-refractivity contribution is 6.23. The Morgan fingerprint density at radius 1 is 0.962 bits per heavy atom. The van der Waals surface area contributed by atoms with E-state index in [1.165, 1.54) is 30.3 Å². The number of carbonyl (C=O) groups is 3. The summed E-state index contributed by atoms with van der Waals surface area (Å²) in [7, 11) is 0. The zero-order valence-electron chi connectivity index (χ0n) is 13.0. The van der Waals surface area contributed by atoms with Crippen LogP contribution in [0.25, 0.3) is 5.70 Å². The zero-order chi connectivity index (χ0) is 18.8. The molecule has 0 aromatic heterocycles. The number of aliphatic carboxylic acids is 1. The van der Waals surface area contributed by atoms with Crippen LogP contribution in [-0.4, -0.2) is 33.1 Å². The van der Waals surface area contributed by atoms with Crippen LogP contribution in [0.2, 0.25) is 0 Å². The number of aromatic hydroxyl groups is 2. The molecule has 2 amide bonds. The summed E-state index contributed by atoms with van der Waals surface area (Å²) in [4.78, 5) is 34.9. The van der Waals surface area contributed by atoms with Crippen molar-refractivity contribution in [2.24, 2.45) is 10.2 Å². The molecule has 1 aliphatic heterocycles. The Bertz CT molecular complexity index is 989. The number of carboxylic acids is 1. The first-order valence-corrected chi connectivity index (χ1v) is 7.23. The number of amides is 2. The number of carboxylic acid groups (broad SMARTS) is 1. The van der Waals surface area contributed by atoms with E-state index >= 15 is 0 Å². The van der Waals surface area contributed by atoms with Crippen LogP contribution >= 0.6 is 0 Å². The van der Waals surface area contributed by atoms with Gasteiger partial charge in [0.2, 0.25) is 0 Å². The van der Waals surface area contributed by atoms with E-state index in [4.69, 9.17) is 5.11 Å².